The number of ether oxygens (including phenoxy) is 1. The fourth-order valence-electron chi connectivity index (χ4n) is 3.50. The van der Waals surface area contributed by atoms with Gasteiger partial charge in [-0.2, -0.15) is 0 Å². The van der Waals surface area contributed by atoms with Crippen molar-refractivity contribution in [3.63, 3.8) is 0 Å². The zero-order valence-electron chi connectivity index (χ0n) is 36.9. The largest absolute Gasteiger partial charge is 0.496 e. The van der Waals surface area contributed by atoms with E-state index in [1.165, 1.54) is 57.6 Å². The first-order valence-corrected chi connectivity index (χ1v) is 19.1. The minimum absolute atomic E-state index is 0.162. The lowest BCUT2D eigenvalue weighted by Gasteiger charge is -2.03. The first-order chi connectivity index (χ1) is 25.3. The summed E-state index contributed by atoms with van der Waals surface area (Å²) in [5, 5.41) is 0. The number of rotatable bonds is 1. The molecule has 0 heterocycles. The molecule has 0 amide bonds. The van der Waals surface area contributed by atoms with Gasteiger partial charge in [0.1, 0.15) is 23.2 Å². The molecule has 0 unspecified atom stereocenters. The zero-order valence-corrected chi connectivity index (χ0v) is 36.9. The van der Waals surface area contributed by atoms with Gasteiger partial charge in [-0.3, -0.25) is 0 Å². The molecule has 0 radical (unpaired) electrons. The van der Waals surface area contributed by atoms with Crippen LogP contribution in [0.3, 0.4) is 0 Å². The summed E-state index contributed by atoms with van der Waals surface area (Å²) >= 11 is 0. The van der Waals surface area contributed by atoms with Crippen molar-refractivity contribution in [2.45, 2.75) is 125 Å². The molecule has 5 aromatic rings. The molecule has 4 heteroatoms. The molecule has 0 aliphatic rings. The molecule has 0 atom stereocenters. The highest BCUT2D eigenvalue weighted by Gasteiger charge is 1.95. The molecular formula is C49H75F3O. The highest BCUT2D eigenvalue weighted by atomic mass is 19.1. The normalized spacial score (nSPS) is 8.19. The van der Waals surface area contributed by atoms with Crippen LogP contribution in [0.15, 0.2) is 109 Å². The fourth-order valence-corrected chi connectivity index (χ4v) is 3.50. The maximum Gasteiger partial charge on any atom is 0.126 e. The summed E-state index contributed by atoms with van der Waals surface area (Å²) in [6.07, 6.45) is 0. The van der Waals surface area contributed by atoms with Crippen LogP contribution in [0.25, 0.3) is 0 Å². The second kappa shape index (κ2) is 40.5. The monoisotopic (exact) mass is 737 g/mol. The summed E-state index contributed by atoms with van der Waals surface area (Å²) in [5.41, 5.74) is 9.31. The molecule has 298 valence electrons. The Morgan fingerprint density at radius 1 is 0.321 bits per heavy atom. The first-order valence-electron chi connectivity index (χ1n) is 19.1. The van der Waals surface area contributed by atoms with Crippen LogP contribution in [0.1, 0.15) is 114 Å². The third kappa shape index (κ3) is 35.9. The van der Waals surface area contributed by atoms with Gasteiger partial charge in [0.15, 0.2) is 0 Å². The SMILES string of the molecule is CC.CC.CC.CC.CC.COc1cc(C)ccc1C.Cc1cc(F)cc(F)c1.Cc1ccc(C)cc1.Cc1ccc(C)cc1.Cc1cccc(F)c1. The maximum atomic E-state index is 12.2. The van der Waals surface area contributed by atoms with Crippen molar-refractivity contribution in [1.29, 1.82) is 0 Å². The molecule has 0 bridgehead atoms. The molecule has 0 spiro atoms. The number of benzene rings is 5. The highest BCUT2D eigenvalue weighted by Crippen LogP contribution is 2.17. The summed E-state index contributed by atoms with van der Waals surface area (Å²) in [4.78, 5) is 0. The van der Waals surface area contributed by atoms with Crippen LogP contribution in [0.5, 0.6) is 5.75 Å². The third-order valence-electron chi connectivity index (χ3n) is 5.99. The van der Waals surface area contributed by atoms with Crippen molar-refractivity contribution in [3.05, 3.63) is 171 Å². The minimum atomic E-state index is -0.521. The maximum absolute atomic E-state index is 12.2. The van der Waals surface area contributed by atoms with Crippen LogP contribution in [0, 0.1) is 72.8 Å². The van der Waals surface area contributed by atoms with E-state index in [4.69, 9.17) is 4.74 Å². The Balaban J connectivity index is -0.000000171. The molecule has 0 fully saturated rings. The molecule has 0 aliphatic heterocycles. The lowest BCUT2D eigenvalue weighted by atomic mass is 10.1. The van der Waals surface area contributed by atoms with E-state index >= 15 is 0 Å². The van der Waals surface area contributed by atoms with Gasteiger partial charge in [0.05, 0.1) is 7.11 Å². The van der Waals surface area contributed by atoms with Gasteiger partial charge in [-0.1, -0.05) is 164 Å². The van der Waals surface area contributed by atoms with E-state index in [2.05, 4.69) is 95.3 Å². The summed E-state index contributed by atoms with van der Waals surface area (Å²) in [7, 11) is 1.70. The number of halogens is 3. The van der Waals surface area contributed by atoms with Gasteiger partial charge in [0.25, 0.3) is 0 Å². The van der Waals surface area contributed by atoms with Gasteiger partial charge in [-0.05, 0) is 108 Å². The van der Waals surface area contributed by atoms with Crippen LogP contribution in [0.2, 0.25) is 0 Å². The van der Waals surface area contributed by atoms with Crippen LogP contribution in [-0.2, 0) is 0 Å². The van der Waals surface area contributed by atoms with Crippen LogP contribution in [-0.4, -0.2) is 7.11 Å². The molecular weight excluding hydrogens is 662 g/mol. The lowest BCUT2D eigenvalue weighted by molar-refractivity contribution is 0.411. The minimum Gasteiger partial charge on any atom is -0.496 e. The Labute approximate surface area is 325 Å². The van der Waals surface area contributed by atoms with Gasteiger partial charge in [-0.15, -0.1) is 0 Å². The molecule has 1 nitrogen and oxygen atoms in total. The Kier molecular flexibility index (Phi) is 44.3. The van der Waals surface area contributed by atoms with Gasteiger partial charge in [0.2, 0.25) is 0 Å². The number of hydrogen-bond donors (Lipinski definition) is 0. The topological polar surface area (TPSA) is 9.23 Å². The molecule has 53 heavy (non-hydrogen) atoms. The lowest BCUT2D eigenvalue weighted by Crippen LogP contribution is -1.86. The Bertz CT molecular complexity index is 1340. The summed E-state index contributed by atoms with van der Waals surface area (Å²) < 4.78 is 41.7. The Hall–Kier alpha value is -4.31. The van der Waals surface area contributed by atoms with E-state index in [1.807, 2.05) is 95.2 Å². The van der Waals surface area contributed by atoms with E-state index in [0.29, 0.717) is 5.56 Å². The van der Waals surface area contributed by atoms with E-state index in [-0.39, 0.29) is 5.82 Å². The predicted molar refractivity (Wildman–Crippen MR) is 233 cm³/mol. The third-order valence-corrected chi connectivity index (χ3v) is 5.99. The summed E-state index contributed by atoms with van der Waals surface area (Å²) in [6.45, 7) is 36.0. The standard InChI is InChI=1S/C9H12O.2C8H10.C7H6F2.C7H7F.5C2H6/c1-7-4-5-8(2)9(6-7)10-3;2*1-7-3-5-8(2)6-4-7;1-5-2-6(8)4-7(9)3-5;1-6-3-2-4-7(8)5-6;5*1-2/h4-6H,1-3H3;2*3-6H,1-2H3;2-4H,1H3;2-5H,1H3;5*1-2H3. The molecule has 0 saturated heterocycles. The van der Waals surface area contributed by atoms with E-state index in [1.54, 1.807) is 20.1 Å². The van der Waals surface area contributed by atoms with Gasteiger partial charge < -0.3 is 4.74 Å². The van der Waals surface area contributed by atoms with Crippen molar-refractivity contribution in [2.75, 3.05) is 7.11 Å². The molecule has 5 rings (SSSR count). The molecule has 0 N–H and O–H groups in total. The average molecular weight is 737 g/mol. The molecule has 0 aliphatic carbocycles. The van der Waals surface area contributed by atoms with E-state index in [0.717, 1.165) is 17.4 Å². The highest BCUT2D eigenvalue weighted by molar-refractivity contribution is 5.35. The van der Waals surface area contributed by atoms with Crippen molar-refractivity contribution in [1.82, 2.24) is 0 Å². The molecule has 0 aromatic heterocycles. The summed E-state index contributed by atoms with van der Waals surface area (Å²) in [5.74, 6) is -0.231. The van der Waals surface area contributed by atoms with Crippen LogP contribution < -0.4 is 4.74 Å². The second-order valence-corrected chi connectivity index (χ2v) is 10.5. The predicted octanol–water partition coefficient (Wildman–Crippen LogP) is 16.5. The van der Waals surface area contributed by atoms with Crippen molar-refractivity contribution < 1.29 is 17.9 Å². The quantitative estimate of drug-likeness (QED) is 0.166. The van der Waals surface area contributed by atoms with Gasteiger partial charge in [0, 0.05) is 6.07 Å². The number of methoxy groups -OCH3 is 1. The Morgan fingerprint density at radius 2 is 0.623 bits per heavy atom. The van der Waals surface area contributed by atoms with Gasteiger partial charge >= 0.3 is 0 Å². The van der Waals surface area contributed by atoms with E-state index < -0.39 is 11.6 Å². The fraction of sp³-hybridized carbons (Fsp3) is 0.388. The van der Waals surface area contributed by atoms with Gasteiger partial charge in [-0.25, -0.2) is 13.2 Å². The van der Waals surface area contributed by atoms with E-state index in [9.17, 15) is 13.2 Å². The Morgan fingerprint density at radius 3 is 0.868 bits per heavy atom. The zero-order chi connectivity index (χ0) is 42.4. The van der Waals surface area contributed by atoms with Crippen molar-refractivity contribution in [3.8, 4) is 5.75 Å². The number of hydrogen-bond acceptors (Lipinski definition) is 1. The van der Waals surface area contributed by atoms with Crippen molar-refractivity contribution >= 4 is 0 Å². The first kappa shape index (κ1) is 58.0. The summed E-state index contributed by atoms with van der Waals surface area (Å²) in [6, 6.07) is 33.1. The molecule has 0 saturated carbocycles. The number of aryl methyl sites for hydroxylation is 8. The van der Waals surface area contributed by atoms with Crippen LogP contribution >= 0.6 is 0 Å². The second-order valence-electron chi connectivity index (χ2n) is 10.5. The van der Waals surface area contributed by atoms with Crippen molar-refractivity contribution in [2.24, 2.45) is 0 Å². The smallest absolute Gasteiger partial charge is 0.126 e. The van der Waals surface area contributed by atoms with Crippen LogP contribution in [0.4, 0.5) is 13.2 Å². The molecule has 5 aromatic carbocycles. The average Bonchev–Trinajstić information content (AvgIpc) is 3.16.